The predicted octanol–water partition coefficient (Wildman–Crippen LogP) is 0.963. The molecule has 0 radical (unpaired) electrons. The normalized spacial score (nSPS) is 33.4. The van der Waals surface area contributed by atoms with Crippen LogP contribution in [0.15, 0.2) is 0 Å². The maximum atomic E-state index is 12.0. The molecule has 0 unspecified atom stereocenters. The summed E-state index contributed by atoms with van der Waals surface area (Å²) in [6.45, 7) is 0. The van der Waals surface area contributed by atoms with Crippen molar-refractivity contribution in [2.45, 2.75) is 85.5 Å². The first-order valence-electron chi connectivity index (χ1n) is 11.6. The first-order valence-corrected chi connectivity index (χ1v) is 13.7. The number of hydrogen-bond donors (Lipinski definition) is 5. The van der Waals surface area contributed by atoms with Crippen molar-refractivity contribution in [2.75, 3.05) is 11.5 Å². The Morgan fingerprint density at radius 1 is 0.912 bits per heavy atom. The highest BCUT2D eigenvalue weighted by Crippen LogP contribution is 2.44. The number of esters is 2. The molecule has 11 nitrogen and oxygen atoms in total. The second-order valence-electron chi connectivity index (χ2n) is 9.13. The number of urea groups is 2. The van der Waals surface area contributed by atoms with Crippen LogP contribution in [-0.4, -0.2) is 80.7 Å². The molecule has 0 spiro atoms. The summed E-state index contributed by atoms with van der Waals surface area (Å²) in [7, 11) is 0. The number of hydrogen-bond acceptors (Lipinski definition) is 8. The number of carboxylic acid groups (broad SMARTS) is 1. The molecule has 4 fully saturated rings. The summed E-state index contributed by atoms with van der Waals surface area (Å²) in [6.07, 6.45) is 3.70. The zero-order valence-electron chi connectivity index (χ0n) is 18.7. The summed E-state index contributed by atoms with van der Waals surface area (Å²) in [4.78, 5) is 58.9. The minimum atomic E-state index is -1.11. The van der Waals surface area contributed by atoms with Crippen molar-refractivity contribution in [3.63, 3.8) is 0 Å². The maximum Gasteiger partial charge on any atom is 0.321 e. The van der Waals surface area contributed by atoms with Gasteiger partial charge in [-0.1, -0.05) is 12.8 Å². The molecule has 4 saturated heterocycles. The average Bonchev–Trinajstić information content (AvgIpc) is 3.50. The summed E-state index contributed by atoms with van der Waals surface area (Å²) in [6, 6.07) is -0.839. The van der Waals surface area contributed by atoms with Gasteiger partial charge < -0.3 is 31.1 Å². The first-order chi connectivity index (χ1) is 16.3. The third-order valence-corrected chi connectivity index (χ3v) is 10.0. The van der Waals surface area contributed by atoms with Gasteiger partial charge in [0.05, 0.1) is 24.2 Å². The van der Waals surface area contributed by atoms with Gasteiger partial charge in [0, 0.05) is 29.6 Å². The van der Waals surface area contributed by atoms with Crippen LogP contribution in [0.5, 0.6) is 0 Å². The van der Waals surface area contributed by atoms with E-state index in [1.54, 1.807) is 0 Å². The molecule has 5 N–H and O–H groups in total. The molecule has 6 atom stereocenters. The van der Waals surface area contributed by atoms with Gasteiger partial charge in [0.2, 0.25) is 0 Å². The summed E-state index contributed by atoms with van der Waals surface area (Å²) in [5.41, 5.74) is 0. The fourth-order valence-electron chi connectivity index (χ4n) is 5.12. The number of carbonyl (C=O) groups excluding carboxylic acids is 4. The number of nitrogens with one attached hydrogen (secondary N) is 4. The van der Waals surface area contributed by atoms with Crippen LogP contribution in [0.4, 0.5) is 9.59 Å². The highest BCUT2D eigenvalue weighted by Gasteiger charge is 2.58. The Morgan fingerprint density at radius 3 is 2.32 bits per heavy atom. The van der Waals surface area contributed by atoms with E-state index in [0.717, 1.165) is 18.6 Å². The largest absolute Gasteiger partial charge is 0.480 e. The number of amides is 4. The summed E-state index contributed by atoms with van der Waals surface area (Å²) >= 11 is 3.14. The Kier molecular flexibility index (Phi) is 7.80. The fourth-order valence-corrected chi connectivity index (χ4v) is 8.23. The maximum absolute atomic E-state index is 12.0. The molecule has 0 bridgehead atoms. The molecule has 4 rings (SSSR count). The lowest BCUT2D eigenvalue weighted by Crippen LogP contribution is -2.51. The summed E-state index contributed by atoms with van der Waals surface area (Å²) in [5.74, 6) is -0.697. The van der Waals surface area contributed by atoms with Crippen molar-refractivity contribution in [3.05, 3.63) is 0 Å². The van der Waals surface area contributed by atoms with E-state index in [1.165, 1.54) is 11.8 Å². The number of thioether (sulfide) groups is 2. The quantitative estimate of drug-likeness (QED) is 0.117. The highest BCUT2D eigenvalue weighted by atomic mass is 32.2. The lowest BCUT2D eigenvalue weighted by molar-refractivity contribution is -0.159. The van der Waals surface area contributed by atoms with Gasteiger partial charge in [-0.15, -0.1) is 11.8 Å². The van der Waals surface area contributed by atoms with E-state index < -0.39 is 28.7 Å². The number of rotatable bonds is 11. The number of ether oxygens (including phenoxy) is 1. The van der Waals surface area contributed by atoms with E-state index in [0.29, 0.717) is 36.7 Å². The van der Waals surface area contributed by atoms with Gasteiger partial charge in [-0.05, 0) is 25.7 Å². The Labute approximate surface area is 205 Å². The average molecular weight is 515 g/mol. The van der Waals surface area contributed by atoms with Gasteiger partial charge in [0.15, 0.2) is 0 Å². The van der Waals surface area contributed by atoms with Crippen LogP contribution < -0.4 is 21.3 Å². The third-order valence-electron chi connectivity index (χ3n) is 6.85. The second kappa shape index (κ2) is 10.6. The fraction of sp³-hybridized carbons (Fsp3) is 0.762. The molecule has 0 saturated carbocycles. The zero-order chi connectivity index (χ0) is 24.3. The summed E-state index contributed by atoms with van der Waals surface area (Å²) < 4.78 is 3.78. The molecule has 13 heteroatoms. The van der Waals surface area contributed by atoms with Gasteiger partial charge in [-0.3, -0.25) is 14.4 Å². The van der Waals surface area contributed by atoms with Crippen LogP contribution in [0.3, 0.4) is 0 Å². The van der Waals surface area contributed by atoms with E-state index in [9.17, 15) is 29.1 Å². The Hall–Kier alpha value is -2.15. The van der Waals surface area contributed by atoms with Crippen LogP contribution in [0, 0.1) is 0 Å². The minimum Gasteiger partial charge on any atom is -0.480 e. The van der Waals surface area contributed by atoms with Crippen LogP contribution in [0.25, 0.3) is 0 Å². The number of aliphatic carboxylic acids is 1. The molecule has 4 heterocycles. The smallest absolute Gasteiger partial charge is 0.321 e. The van der Waals surface area contributed by atoms with Gasteiger partial charge in [-0.2, -0.15) is 11.8 Å². The number of fused-ring (bicyclic) bond motifs is 2. The molecule has 4 aliphatic heterocycles. The van der Waals surface area contributed by atoms with Crippen molar-refractivity contribution in [1.29, 1.82) is 0 Å². The molecule has 0 aromatic carbocycles. The second-order valence-corrected chi connectivity index (χ2v) is 11.8. The minimum absolute atomic E-state index is 0.0410. The van der Waals surface area contributed by atoms with Crippen molar-refractivity contribution >= 4 is 53.5 Å². The SMILES string of the molecule is O=C1N[C@H]2[C@H](CS[C@H]2CCCCC(=O)OC(=O)CCCC[C@]2(C(=O)O)SC[C@@H]3NC(=O)N[C@@H]32)N1. The van der Waals surface area contributed by atoms with Crippen molar-refractivity contribution < 1.29 is 33.8 Å². The third kappa shape index (κ3) is 5.40. The lowest BCUT2D eigenvalue weighted by Gasteiger charge is -2.29. The highest BCUT2D eigenvalue weighted by molar-refractivity contribution is 8.01. The molecular formula is C21H30N4O7S2. The van der Waals surface area contributed by atoms with Crippen LogP contribution in [-0.2, 0) is 19.1 Å². The molecule has 0 aromatic heterocycles. The zero-order valence-corrected chi connectivity index (χ0v) is 20.3. The molecular weight excluding hydrogens is 484 g/mol. The first kappa shape index (κ1) is 25.0. The van der Waals surface area contributed by atoms with Gasteiger partial charge in [0.25, 0.3) is 0 Å². The van der Waals surface area contributed by atoms with Crippen LogP contribution in [0.2, 0.25) is 0 Å². The molecule has 188 valence electrons. The van der Waals surface area contributed by atoms with E-state index >= 15 is 0 Å². The number of unbranched alkanes of at least 4 members (excludes halogenated alkanes) is 2. The number of carbonyl (C=O) groups is 5. The van der Waals surface area contributed by atoms with Crippen molar-refractivity contribution in [1.82, 2.24) is 21.3 Å². The van der Waals surface area contributed by atoms with Crippen LogP contribution in [0.1, 0.15) is 51.4 Å². The van der Waals surface area contributed by atoms with E-state index in [-0.39, 0.29) is 43.0 Å². The predicted molar refractivity (Wildman–Crippen MR) is 126 cm³/mol. The molecule has 34 heavy (non-hydrogen) atoms. The van der Waals surface area contributed by atoms with Gasteiger partial charge in [0.1, 0.15) is 4.75 Å². The van der Waals surface area contributed by atoms with Gasteiger partial charge >= 0.3 is 30.0 Å². The van der Waals surface area contributed by atoms with E-state index in [1.807, 2.05) is 11.8 Å². The molecule has 0 aliphatic carbocycles. The molecule has 0 aromatic rings. The lowest BCUT2D eigenvalue weighted by atomic mass is 9.89. The van der Waals surface area contributed by atoms with E-state index in [2.05, 4.69) is 21.3 Å². The molecule has 4 aliphatic rings. The monoisotopic (exact) mass is 514 g/mol. The van der Waals surface area contributed by atoms with Crippen LogP contribution >= 0.6 is 23.5 Å². The van der Waals surface area contributed by atoms with Crippen molar-refractivity contribution in [2.24, 2.45) is 0 Å². The van der Waals surface area contributed by atoms with Gasteiger partial charge in [-0.25, -0.2) is 9.59 Å². The van der Waals surface area contributed by atoms with E-state index in [4.69, 9.17) is 4.74 Å². The topological polar surface area (TPSA) is 163 Å². The summed E-state index contributed by atoms with van der Waals surface area (Å²) in [5, 5.41) is 21.4. The standard InChI is InChI=1S/C21H30N4O7S2/c26-14(6-2-1-5-13-16-11(9-33-13)22-19(30)24-16)32-15(27)7-3-4-8-21(18(28)29)17-12(10-34-21)23-20(31)25-17/h11-13,16-17H,1-10H2,(H,28,29)(H2,22,24,30)(H2,23,25,31)/t11-,12-,13-,16-,17-,21-/m0/s1. The Balaban J connectivity index is 1.09. The van der Waals surface area contributed by atoms with Crippen molar-refractivity contribution in [3.8, 4) is 0 Å². The Bertz CT molecular complexity index is 859. The Morgan fingerprint density at radius 2 is 1.59 bits per heavy atom. The molecule has 4 amide bonds. The number of carboxylic acids is 1.